The Morgan fingerprint density at radius 1 is 1.07 bits per heavy atom. The number of sulfonamides is 1. The van der Waals surface area contributed by atoms with E-state index in [2.05, 4.69) is 5.32 Å². The van der Waals surface area contributed by atoms with Gasteiger partial charge >= 0.3 is 0 Å². The molecule has 0 unspecified atom stereocenters. The van der Waals surface area contributed by atoms with Gasteiger partial charge in [0.25, 0.3) is 0 Å². The molecule has 2 aromatic rings. The molecule has 0 saturated heterocycles. The third-order valence-electron chi connectivity index (χ3n) is 3.86. The topological polar surface area (TPSA) is 84.9 Å². The molecular formula is C17H15Cl3N2O5S. The van der Waals surface area contributed by atoms with Crippen LogP contribution >= 0.6 is 34.8 Å². The lowest BCUT2D eigenvalue weighted by atomic mass is 10.3. The molecule has 0 spiro atoms. The van der Waals surface area contributed by atoms with Crippen molar-refractivity contribution in [2.75, 3.05) is 32.1 Å². The number of hydrogen-bond acceptors (Lipinski definition) is 5. The van der Waals surface area contributed by atoms with Gasteiger partial charge in [-0.2, -0.15) is 4.31 Å². The monoisotopic (exact) mass is 464 g/mol. The average Bonchev–Trinajstić information content (AvgIpc) is 2.64. The molecular weight excluding hydrogens is 451 g/mol. The van der Waals surface area contributed by atoms with Gasteiger partial charge < -0.3 is 14.8 Å². The number of nitrogens with zero attached hydrogens (tertiary/aromatic N) is 1. The van der Waals surface area contributed by atoms with Crippen LogP contribution in [-0.4, -0.2) is 45.4 Å². The Labute approximate surface area is 177 Å². The van der Waals surface area contributed by atoms with Crippen molar-refractivity contribution >= 4 is 56.4 Å². The molecule has 0 saturated carbocycles. The van der Waals surface area contributed by atoms with Gasteiger partial charge in [0.2, 0.25) is 15.9 Å². The molecule has 1 N–H and O–H groups in total. The first kappa shape index (κ1) is 21.0. The van der Waals surface area contributed by atoms with E-state index in [4.69, 9.17) is 44.3 Å². The fourth-order valence-corrected chi connectivity index (χ4v) is 4.55. The highest BCUT2D eigenvalue weighted by atomic mass is 35.5. The van der Waals surface area contributed by atoms with E-state index in [1.165, 1.54) is 37.4 Å². The van der Waals surface area contributed by atoms with E-state index in [-0.39, 0.29) is 20.6 Å². The molecule has 2 aromatic carbocycles. The SMILES string of the molecule is CN(CC(=O)Nc1c(Cl)cc(Cl)cc1Cl)S(=O)(=O)c1ccc2c(c1)OCCO2. The van der Waals surface area contributed by atoms with Gasteiger partial charge in [-0.1, -0.05) is 34.8 Å². The number of benzene rings is 2. The highest BCUT2D eigenvalue weighted by Crippen LogP contribution is 2.34. The minimum Gasteiger partial charge on any atom is -0.486 e. The first-order chi connectivity index (χ1) is 13.2. The number of hydrogen-bond donors (Lipinski definition) is 1. The van der Waals surface area contributed by atoms with Crippen molar-refractivity contribution in [1.82, 2.24) is 4.31 Å². The number of likely N-dealkylation sites (N-methyl/N-ethyl adjacent to an activating group) is 1. The summed E-state index contributed by atoms with van der Waals surface area (Å²) in [4.78, 5) is 12.3. The van der Waals surface area contributed by atoms with E-state index in [1.807, 2.05) is 0 Å². The molecule has 0 radical (unpaired) electrons. The number of halogens is 3. The highest BCUT2D eigenvalue weighted by Gasteiger charge is 2.26. The van der Waals surface area contributed by atoms with Crippen molar-refractivity contribution in [2.45, 2.75) is 4.90 Å². The Balaban J connectivity index is 1.75. The summed E-state index contributed by atoms with van der Waals surface area (Å²) in [6.45, 7) is 0.276. The minimum absolute atomic E-state index is 0.0189. The summed E-state index contributed by atoms with van der Waals surface area (Å²) >= 11 is 17.9. The zero-order valence-corrected chi connectivity index (χ0v) is 17.6. The van der Waals surface area contributed by atoms with Crippen LogP contribution in [0.5, 0.6) is 11.5 Å². The predicted octanol–water partition coefficient (Wildman–Crippen LogP) is 3.68. The van der Waals surface area contributed by atoms with E-state index in [0.717, 1.165) is 4.31 Å². The number of nitrogens with one attached hydrogen (secondary N) is 1. The summed E-state index contributed by atoms with van der Waals surface area (Å²) in [5.41, 5.74) is 0.155. The van der Waals surface area contributed by atoms with Crippen LogP contribution < -0.4 is 14.8 Å². The van der Waals surface area contributed by atoms with E-state index in [9.17, 15) is 13.2 Å². The summed E-state index contributed by atoms with van der Waals surface area (Å²) in [6, 6.07) is 7.11. The van der Waals surface area contributed by atoms with Gasteiger partial charge in [-0.15, -0.1) is 0 Å². The Kier molecular flexibility index (Phi) is 6.26. The Bertz CT molecular complexity index is 1010. The van der Waals surface area contributed by atoms with Crippen LogP contribution in [-0.2, 0) is 14.8 Å². The summed E-state index contributed by atoms with van der Waals surface area (Å²) in [5.74, 6) is 0.192. The van der Waals surface area contributed by atoms with Crippen LogP contribution in [0.4, 0.5) is 5.69 Å². The van der Waals surface area contributed by atoms with Gasteiger partial charge in [0.05, 0.1) is 27.2 Å². The fraction of sp³-hybridized carbons (Fsp3) is 0.235. The van der Waals surface area contributed by atoms with Crippen molar-refractivity contribution < 1.29 is 22.7 Å². The number of carbonyl (C=O) groups is 1. The Morgan fingerprint density at radius 2 is 1.68 bits per heavy atom. The largest absolute Gasteiger partial charge is 0.486 e. The van der Waals surface area contributed by atoms with Gasteiger partial charge in [0.1, 0.15) is 13.2 Å². The zero-order valence-electron chi connectivity index (χ0n) is 14.5. The van der Waals surface area contributed by atoms with Crippen LogP contribution in [0, 0.1) is 0 Å². The lowest BCUT2D eigenvalue weighted by molar-refractivity contribution is -0.116. The van der Waals surface area contributed by atoms with Gasteiger partial charge in [-0.05, 0) is 24.3 Å². The number of ether oxygens (including phenoxy) is 2. The standard InChI is InChI=1S/C17H15Cl3N2O5S/c1-22(9-16(23)21-17-12(19)6-10(18)7-13(17)20)28(24,25)11-2-3-14-15(8-11)27-5-4-26-14/h2-3,6-8H,4-5,9H2,1H3,(H,21,23). The van der Waals surface area contributed by atoms with Gasteiger partial charge in [-0.3, -0.25) is 4.79 Å². The predicted molar refractivity (Wildman–Crippen MR) is 107 cm³/mol. The molecule has 11 heteroatoms. The van der Waals surface area contributed by atoms with E-state index < -0.39 is 22.5 Å². The molecule has 7 nitrogen and oxygen atoms in total. The Morgan fingerprint density at radius 3 is 2.32 bits per heavy atom. The van der Waals surface area contributed by atoms with Crippen LogP contribution in [0.15, 0.2) is 35.2 Å². The van der Waals surface area contributed by atoms with Crippen molar-refractivity contribution in [2.24, 2.45) is 0 Å². The summed E-state index contributed by atoms with van der Waals surface area (Å²) < 4.78 is 37.2. The molecule has 150 valence electrons. The number of anilines is 1. The van der Waals surface area contributed by atoms with Crippen LogP contribution in [0.3, 0.4) is 0 Å². The normalized spacial score (nSPS) is 13.5. The molecule has 3 rings (SSSR count). The maximum atomic E-state index is 12.8. The fourth-order valence-electron chi connectivity index (χ4n) is 2.49. The van der Waals surface area contributed by atoms with E-state index >= 15 is 0 Å². The Hall–Kier alpha value is -1.71. The number of fused-ring (bicyclic) bond motifs is 1. The molecule has 1 aliphatic heterocycles. The lowest BCUT2D eigenvalue weighted by Crippen LogP contribution is -2.35. The molecule has 0 bridgehead atoms. The molecule has 1 heterocycles. The summed E-state index contributed by atoms with van der Waals surface area (Å²) in [5, 5.41) is 3.09. The van der Waals surface area contributed by atoms with Crippen molar-refractivity contribution in [3.63, 3.8) is 0 Å². The second-order valence-electron chi connectivity index (χ2n) is 5.86. The second kappa shape index (κ2) is 8.34. The summed E-state index contributed by atoms with van der Waals surface area (Å²) in [6.07, 6.45) is 0. The molecule has 0 atom stereocenters. The smallest absolute Gasteiger partial charge is 0.243 e. The first-order valence-corrected chi connectivity index (χ1v) is 10.6. The molecule has 0 aromatic heterocycles. The number of amides is 1. The van der Waals surface area contributed by atoms with Crippen molar-refractivity contribution in [1.29, 1.82) is 0 Å². The second-order valence-corrected chi connectivity index (χ2v) is 9.15. The number of carbonyl (C=O) groups excluding carboxylic acids is 1. The first-order valence-electron chi connectivity index (χ1n) is 7.99. The van der Waals surface area contributed by atoms with Crippen LogP contribution in [0.25, 0.3) is 0 Å². The van der Waals surface area contributed by atoms with Crippen molar-refractivity contribution in [3.05, 3.63) is 45.4 Å². The average molecular weight is 466 g/mol. The van der Waals surface area contributed by atoms with Crippen LogP contribution in [0.2, 0.25) is 15.1 Å². The van der Waals surface area contributed by atoms with Gasteiger partial charge in [0, 0.05) is 18.1 Å². The minimum atomic E-state index is -3.94. The van der Waals surface area contributed by atoms with Crippen LogP contribution in [0.1, 0.15) is 0 Å². The maximum absolute atomic E-state index is 12.8. The summed E-state index contributed by atoms with van der Waals surface area (Å²) in [7, 11) is -2.65. The van der Waals surface area contributed by atoms with Crippen molar-refractivity contribution in [3.8, 4) is 11.5 Å². The zero-order chi connectivity index (χ0) is 20.5. The van der Waals surface area contributed by atoms with E-state index in [0.29, 0.717) is 29.7 Å². The lowest BCUT2D eigenvalue weighted by Gasteiger charge is -2.21. The molecule has 28 heavy (non-hydrogen) atoms. The molecule has 0 fully saturated rings. The maximum Gasteiger partial charge on any atom is 0.243 e. The van der Waals surface area contributed by atoms with E-state index in [1.54, 1.807) is 0 Å². The van der Waals surface area contributed by atoms with Gasteiger partial charge in [-0.25, -0.2) is 8.42 Å². The molecule has 0 aliphatic carbocycles. The third-order valence-corrected chi connectivity index (χ3v) is 6.47. The van der Waals surface area contributed by atoms with Gasteiger partial charge in [0.15, 0.2) is 11.5 Å². The third kappa shape index (κ3) is 4.47. The molecule has 1 aliphatic rings. The highest BCUT2D eigenvalue weighted by molar-refractivity contribution is 7.89. The molecule has 1 amide bonds. The quantitative estimate of drug-likeness (QED) is 0.728. The number of rotatable bonds is 5.